The van der Waals surface area contributed by atoms with E-state index >= 15 is 0 Å². The summed E-state index contributed by atoms with van der Waals surface area (Å²) in [7, 11) is -3.08. The second-order valence-electron chi connectivity index (χ2n) is 4.01. The smallest absolute Gasteiger partial charge is 0.262 e. The summed E-state index contributed by atoms with van der Waals surface area (Å²) in [5.74, 6) is -2.83. The van der Waals surface area contributed by atoms with E-state index in [1.807, 2.05) is 0 Å². The molecule has 1 unspecified atom stereocenters. The van der Waals surface area contributed by atoms with Crippen LogP contribution >= 0.6 is 12.4 Å². The highest BCUT2D eigenvalue weighted by atomic mass is 35.5. The molecule has 2 fully saturated rings. The first-order chi connectivity index (χ1) is 5.83. The van der Waals surface area contributed by atoms with Crippen molar-refractivity contribution < 1.29 is 17.2 Å². The number of rotatable bonds is 0. The van der Waals surface area contributed by atoms with Gasteiger partial charge in [0.1, 0.15) is 0 Å². The maximum Gasteiger partial charge on any atom is 0.262 e. The van der Waals surface area contributed by atoms with E-state index in [0.717, 1.165) is 0 Å². The minimum Gasteiger partial charge on any atom is -0.304 e. The highest BCUT2D eigenvalue weighted by Gasteiger charge is 2.53. The van der Waals surface area contributed by atoms with Crippen LogP contribution in [0.2, 0.25) is 0 Å². The Morgan fingerprint density at radius 1 is 1.29 bits per heavy atom. The average molecular weight is 248 g/mol. The number of nitrogens with one attached hydrogen (secondary N) is 1. The molecule has 0 saturated carbocycles. The van der Waals surface area contributed by atoms with E-state index in [1.54, 1.807) is 0 Å². The van der Waals surface area contributed by atoms with Gasteiger partial charge in [0.15, 0.2) is 9.84 Å². The Bertz CT molecular complexity index is 333. The minimum atomic E-state index is -3.08. The zero-order chi connectivity index (χ0) is 9.74. The second kappa shape index (κ2) is 3.28. The Balaban J connectivity index is 0.000000980. The van der Waals surface area contributed by atoms with E-state index < -0.39 is 21.3 Å². The fourth-order valence-electron chi connectivity index (χ4n) is 2.13. The van der Waals surface area contributed by atoms with Crippen LogP contribution in [0.15, 0.2) is 0 Å². The molecule has 0 aromatic rings. The van der Waals surface area contributed by atoms with Crippen LogP contribution in [-0.4, -0.2) is 37.9 Å². The normalized spacial score (nSPS) is 38.4. The van der Waals surface area contributed by atoms with Gasteiger partial charge in [0, 0.05) is 12.0 Å². The summed E-state index contributed by atoms with van der Waals surface area (Å²) in [4.78, 5) is 0. The van der Waals surface area contributed by atoms with E-state index in [1.165, 1.54) is 0 Å². The van der Waals surface area contributed by atoms with Crippen molar-refractivity contribution in [1.29, 1.82) is 0 Å². The molecule has 1 atom stereocenters. The molecule has 0 radical (unpaired) electrons. The lowest BCUT2D eigenvalue weighted by Gasteiger charge is -2.20. The lowest BCUT2D eigenvalue weighted by atomic mass is 9.96. The number of halogens is 3. The molecule has 1 spiro atoms. The Morgan fingerprint density at radius 2 is 1.93 bits per heavy atom. The highest BCUT2D eigenvalue weighted by molar-refractivity contribution is 7.91. The molecule has 2 heterocycles. The van der Waals surface area contributed by atoms with E-state index in [-0.39, 0.29) is 36.9 Å². The summed E-state index contributed by atoms with van der Waals surface area (Å²) in [6.45, 7) is -0.386. The highest BCUT2D eigenvalue weighted by Crippen LogP contribution is 2.38. The lowest BCUT2D eigenvalue weighted by molar-refractivity contribution is 0.0171. The van der Waals surface area contributed by atoms with Crippen molar-refractivity contribution in [2.45, 2.75) is 24.3 Å². The Kier molecular flexibility index (Phi) is 2.84. The van der Waals surface area contributed by atoms with Crippen LogP contribution in [0.5, 0.6) is 0 Å². The first kappa shape index (κ1) is 12.1. The number of sulfone groups is 1. The fourth-order valence-corrected chi connectivity index (χ4v) is 4.17. The average Bonchev–Trinajstić information content (AvgIpc) is 2.37. The lowest BCUT2D eigenvalue weighted by Crippen LogP contribution is -2.40. The van der Waals surface area contributed by atoms with Crippen molar-refractivity contribution >= 4 is 22.2 Å². The molecule has 0 aromatic carbocycles. The van der Waals surface area contributed by atoms with E-state index in [2.05, 4.69) is 5.32 Å². The molecule has 3 nitrogen and oxygen atoms in total. The second-order valence-corrected chi connectivity index (χ2v) is 6.19. The van der Waals surface area contributed by atoms with Gasteiger partial charge in [0.25, 0.3) is 5.92 Å². The van der Waals surface area contributed by atoms with Crippen LogP contribution in [0.4, 0.5) is 8.78 Å². The first-order valence-corrected chi connectivity index (χ1v) is 5.98. The van der Waals surface area contributed by atoms with Crippen LogP contribution in [-0.2, 0) is 9.84 Å². The monoisotopic (exact) mass is 247 g/mol. The summed E-state index contributed by atoms with van der Waals surface area (Å²) < 4.78 is 47.9. The van der Waals surface area contributed by atoms with Gasteiger partial charge in [-0.15, -0.1) is 12.4 Å². The van der Waals surface area contributed by atoms with Gasteiger partial charge in [-0.05, 0) is 6.42 Å². The molecule has 2 aliphatic heterocycles. The summed E-state index contributed by atoms with van der Waals surface area (Å²) in [5.41, 5.74) is -0.831. The van der Waals surface area contributed by atoms with Crippen LogP contribution in [0.1, 0.15) is 12.8 Å². The summed E-state index contributed by atoms with van der Waals surface area (Å²) in [6, 6.07) is 0. The molecule has 0 aromatic heterocycles. The van der Waals surface area contributed by atoms with Crippen molar-refractivity contribution in [2.75, 3.05) is 18.1 Å². The SMILES string of the molecule is Cl.O=S1(=O)CCC2(CC(F)(F)CN2)C1. The predicted molar refractivity (Wildman–Crippen MR) is 50.8 cm³/mol. The van der Waals surface area contributed by atoms with Crippen molar-refractivity contribution in [2.24, 2.45) is 0 Å². The maximum absolute atomic E-state index is 12.8. The van der Waals surface area contributed by atoms with Crippen LogP contribution in [0.25, 0.3) is 0 Å². The van der Waals surface area contributed by atoms with Crippen LogP contribution in [0.3, 0.4) is 0 Å². The van der Waals surface area contributed by atoms with Crippen molar-refractivity contribution in [3.8, 4) is 0 Å². The Hall–Kier alpha value is 0.0600. The first-order valence-electron chi connectivity index (χ1n) is 4.16. The standard InChI is InChI=1S/C7H11F2NO2S.ClH/c8-7(9)3-6(10-4-7)1-2-13(11,12)5-6;/h10H,1-5H2;1H. The van der Waals surface area contributed by atoms with Crippen LogP contribution < -0.4 is 5.32 Å². The molecule has 84 valence electrons. The molecule has 2 saturated heterocycles. The zero-order valence-electron chi connectivity index (χ0n) is 7.42. The van der Waals surface area contributed by atoms with Gasteiger partial charge in [-0.1, -0.05) is 0 Å². The van der Waals surface area contributed by atoms with Gasteiger partial charge in [-0.3, -0.25) is 0 Å². The Labute approximate surface area is 87.6 Å². The van der Waals surface area contributed by atoms with Crippen molar-refractivity contribution in [3.63, 3.8) is 0 Å². The van der Waals surface area contributed by atoms with Gasteiger partial charge in [-0.2, -0.15) is 0 Å². The molecule has 2 rings (SSSR count). The van der Waals surface area contributed by atoms with Crippen molar-refractivity contribution in [3.05, 3.63) is 0 Å². The molecule has 0 amide bonds. The predicted octanol–water partition coefficient (Wildman–Crippen LogP) is 0.594. The van der Waals surface area contributed by atoms with E-state index in [9.17, 15) is 17.2 Å². The quantitative estimate of drug-likeness (QED) is 0.682. The molecule has 1 N–H and O–H groups in total. The van der Waals surface area contributed by atoms with Gasteiger partial charge in [0.05, 0.1) is 18.1 Å². The van der Waals surface area contributed by atoms with E-state index in [0.29, 0.717) is 6.42 Å². The molecule has 0 bridgehead atoms. The molecule has 0 aliphatic carbocycles. The summed E-state index contributed by atoms with van der Waals surface area (Å²) in [6.07, 6.45) is -0.00977. The maximum atomic E-state index is 12.8. The third-order valence-electron chi connectivity index (χ3n) is 2.71. The molecular weight excluding hydrogens is 236 g/mol. The summed E-state index contributed by atoms with van der Waals surface area (Å²) in [5, 5.41) is 2.65. The van der Waals surface area contributed by atoms with Crippen molar-refractivity contribution in [1.82, 2.24) is 5.32 Å². The third-order valence-corrected chi connectivity index (χ3v) is 4.53. The molecule has 2 aliphatic rings. The Morgan fingerprint density at radius 3 is 2.29 bits per heavy atom. The number of hydrogen-bond acceptors (Lipinski definition) is 3. The minimum absolute atomic E-state index is 0. The van der Waals surface area contributed by atoms with Gasteiger partial charge in [-0.25, -0.2) is 17.2 Å². The molecular formula is C7H12ClF2NO2S. The summed E-state index contributed by atoms with van der Waals surface area (Å²) >= 11 is 0. The van der Waals surface area contributed by atoms with Gasteiger partial charge >= 0.3 is 0 Å². The van der Waals surface area contributed by atoms with E-state index in [4.69, 9.17) is 0 Å². The van der Waals surface area contributed by atoms with Crippen LogP contribution in [0, 0.1) is 0 Å². The molecule has 14 heavy (non-hydrogen) atoms. The van der Waals surface area contributed by atoms with Gasteiger partial charge < -0.3 is 5.32 Å². The number of alkyl halides is 2. The molecule has 7 heteroatoms. The topological polar surface area (TPSA) is 46.2 Å². The fraction of sp³-hybridized carbons (Fsp3) is 1.00. The number of hydrogen-bond donors (Lipinski definition) is 1. The third kappa shape index (κ3) is 2.17. The van der Waals surface area contributed by atoms with Gasteiger partial charge in [0.2, 0.25) is 0 Å². The largest absolute Gasteiger partial charge is 0.304 e. The zero-order valence-corrected chi connectivity index (χ0v) is 9.06.